The molecular formula is C17H23N5O2. The van der Waals surface area contributed by atoms with Crippen LogP contribution in [-0.4, -0.2) is 61.0 Å². The SMILES string of the molecule is CN1CCOC[C@@H](CNC(=O)Nc2cccc(-c3ccn[nH]3)c2)C1. The second kappa shape index (κ2) is 7.94. The van der Waals surface area contributed by atoms with Gasteiger partial charge < -0.3 is 20.3 Å². The van der Waals surface area contributed by atoms with Crippen LogP contribution in [0.25, 0.3) is 11.3 Å². The number of rotatable bonds is 4. The number of likely N-dealkylation sites (N-methyl/N-ethyl adjacent to an activating group) is 1. The zero-order valence-electron chi connectivity index (χ0n) is 13.8. The third-order valence-corrected chi connectivity index (χ3v) is 4.02. The van der Waals surface area contributed by atoms with Crippen molar-refractivity contribution in [1.29, 1.82) is 0 Å². The van der Waals surface area contributed by atoms with Gasteiger partial charge >= 0.3 is 6.03 Å². The summed E-state index contributed by atoms with van der Waals surface area (Å²) in [6.45, 7) is 3.88. The van der Waals surface area contributed by atoms with Gasteiger partial charge in [-0.3, -0.25) is 5.10 Å². The van der Waals surface area contributed by atoms with Crippen molar-refractivity contribution < 1.29 is 9.53 Å². The summed E-state index contributed by atoms with van der Waals surface area (Å²) in [7, 11) is 2.07. The van der Waals surface area contributed by atoms with Crippen molar-refractivity contribution in [3.63, 3.8) is 0 Å². The first-order valence-electron chi connectivity index (χ1n) is 8.11. The van der Waals surface area contributed by atoms with Crippen LogP contribution in [0.15, 0.2) is 36.5 Å². The van der Waals surface area contributed by atoms with E-state index in [-0.39, 0.29) is 6.03 Å². The molecular weight excluding hydrogens is 306 g/mol. The van der Waals surface area contributed by atoms with Crippen LogP contribution in [0, 0.1) is 5.92 Å². The molecule has 2 amide bonds. The number of nitrogens with zero attached hydrogens (tertiary/aromatic N) is 2. The van der Waals surface area contributed by atoms with Crippen molar-refractivity contribution in [3.8, 4) is 11.3 Å². The number of anilines is 1. The Kier molecular flexibility index (Phi) is 5.45. The molecule has 0 aliphatic carbocycles. The van der Waals surface area contributed by atoms with E-state index in [4.69, 9.17) is 4.74 Å². The Labute approximate surface area is 141 Å². The van der Waals surface area contributed by atoms with Gasteiger partial charge in [0.05, 0.1) is 18.9 Å². The molecule has 0 saturated carbocycles. The molecule has 24 heavy (non-hydrogen) atoms. The maximum atomic E-state index is 12.1. The number of ether oxygens (including phenoxy) is 1. The average Bonchev–Trinajstić information content (AvgIpc) is 3.03. The van der Waals surface area contributed by atoms with E-state index in [1.54, 1.807) is 6.20 Å². The summed E-state index contributed by atoms with van der Waals surface area (Å²) in [4.78, 5) is 14.4. The van der Waals surface area contributed by atoms with Gasteiger partial charge in [-0.2, -0.15) is 5.10 Å². The number of carbonyl (C=O) groups is 1. The Bertz CT molecular complexity index is 659. The van der Waals surface area contributed by atoms with Crippen LogP contribution in [0.1, 0.15) is 0 Å². The van der Waals surface area contributed by atoms with Crippen LogP contribution in [0.4, 0.5) is 10.5 Å². The Morgan fingerprint density at radius 1 is 1.46 bits per heavy atom. The molecule has 1 aliphatic heterocycles. The molecule has 1 atom stereocenters. The van der Waals surface area contributed by atoms with Gasteiger partial charge in [0, 0.05) is 43.0 Å². The summed E-state index contributed by atoms with van der Waals surface area (Å²) in [5.41, 5.74) is 2.63. The van der Waals surface area contributed by atoms with Gasteiger partial charge in [0.15, 0.2) is 0 Å². The van der Waals surface area contributed by atoms with Crippen molar-refractivity contribution in [3.05, 3.63) is 36.5 Å². The number of amides is 2. The lowest BCUT2D eigenvalue weighted by Crippen LogP contribution is -2.37. The Balaban J connectivity index is 1.52. The van der Waals surface area contributed by atoms with Crippen LogP contribution >= 0.6 is 0 Å². The van der Waals surface area contributed by atoms with Crippen molar-refractivity contribution in [2.24, 2.45) is 5.92 Å². The van der Waals surface area contributed by atoms with Crippen LogP contribution in [0.2, 0.25) is 0 Å². The molecule has 0 unspecified atom stereocenters. The molecule has 1 aromatic carbocycles. The molecule has 0 spiro atoms. The Hall–Kier alpha value is -2.38. The van der Waals surface area contributed by atoms with Crippen LogP contribution in [-0.2, 0) is 4.74 Å². The van der Waals surface area contributed by atoms with E-state index in [9.17, 15) is 4.79 Å². The summed E-state index contributed by atoms with van der Waals surface area (Å²) < 4.78 is 5.56. The molecule has 0 radical (unpaired) electrons. The van der Waals surface area contributed by atoms with Gasteiger partial charge in [0.1, 0.15) is 0 Å². The molecule has 1 fully saturated rings. The zero-order chi connectivity index (χ0) is 16.8. The lowest BCUT2D eigenvalue weighted by atomic mass is 10.1. The van der Waals surface area contributed by atoms with Gasteiger partial charge in [0.25, 0.3) is 0 Å². The number of hydrogen-bond acceptors (Lipinski definition) is 4. The maximum absolute atomic E-state index is 12.1. The van der Waals surface area contributed by atoms with Crippen molar-refractivity contribution in [2.75, 3.05) is 45.2 Å². The Morgan fingerprint density at radius 2 is 2.38 bits per heavy atom. The van der Waals surface area contributed by atoms with E-state index in [0.29, 0.717) is 19.1 Å². The molecule has 128 valence electrons. The van der Waals surface area contributed by atoms with Gasteiger partial charge in [-0.1, -0.05) is 12.1 Å². The molecule has 1 aromatic heterocycles. The number of urea groups is 1. The Morgan fingerprint density at radius 3 is 3.21 bits per heavy atom. The highest BCUT2D eigenvalue weighted by molar-refractivity contribution is 5.90. The highest BCUT2D eigenvalue weighted by Crippen LogP contribution is 2.20. The predicted octanol–water partition coefficient (Wildman–Crippen LogP) is 1.78. The van der Waals surface area contributed by atoms with Crippen LogP contribution in [0.5, 0.6) is 0 Å². The van der Waals surface area contributed by atoms with Gasteiger partial charge in [-0.05, 0) is 25.2 Å². The van der Waals surface area contributed by atoms with E-state index < -0.39 is 0 Å². The number of hydrogen-bond donors (Lipinski definition) is 3. The van der Waals surface area contributed by atoms with Gasteiger partial charge in [0.2, 0.25) is 0 Å². The average molecular weight is 329 g/mol. The number of carbonyl (C=O) groups excluding carboxylic acids is 1. The molecule has 7 heteroatoms. The lowest BCUT2D eigenvalue weighted by Gasteiger charge is -2.19. The van der Waals surface area contributed by atoms with E-state index in [2.05, 4.69) is 32.8 Å². The molecule has 7 nitrogen and oxygen atoms in total. The molecule has 1 saturated heterocycles. The first-order chi connectivity index (χ1) is 11.7. The number of aromatic nitrogens is 2. The highest BCUT2D eigenvalue weighted by Gasteiger charge is 2.16. The smallest absolute Gasteiger partial charge is 0.319 e. The minimum absolute atomic E-state index is 0.205. The fourth-order valence-corrected chi connectivity index (χ4v) is 2.77. The topological polar surface area (TPSA) is 82.3 Å². The largest absolute Gasteiger partial charge is 0.380 e. The molecule has 2 aromatic rings. The van der Waals surface area contributed by atoms with Gasteiger partial charge in [-0.15, -0.1) is 0 Å². The normalized spacial score (nSPS) is 18.8. The number of nitrogens with one attached hydrogen (secondary N) is 3. The first-order valence-corrected chi connectivity index (χ1v) is 8.11. The number of H-pyrrole nitrogens is 1. The van der Waals surface area contributed by atoms with E-state index in [1.165, 1.54) is 0 Å². The quantitative estimate of drug-likeness (QED) is 0.798. The summed E-state index contributed by atoms with van der Waals surface area (Å²) in [6, 6.07) is 9.33. The van der Waals surface area contributed by atoms with Gasteiger partial charge in [-0.25, -0.2) is 4.79 Å². The summed E-state index contributed by atoms with van der Waals surface area (Å²) in [6.07, 6.45) is 1.70. The van der Waals surface area contributed by atoms with Crippen LogP contribution < -0.4 is 10.6 Å². The molecule has 1 aliphatic rings. The van der Waals surface area contributed by atoms with E-state index in [1.807, 2.05) is 30.3 Å². The van der Waals surface area contributed by atoms with Crippen LogP contribution in [0.3, 0.4) is 0 Å². The maximum Gasteiger partial charge on any atom is 0.319 e. The fourth-order valence-electron chi connectivity index (χ4n) is 2.77. The molecule has 3 rings (SSSR count). The summed E-state index contributed by atoms with van der Waals surface area (Å²) in [5, 5.41) is 12.7. The lowest BCUT2D eigenvalue weighted by molar-refractivity contribution is 0.122. The minimum atomic E-state index is -0.205. The highest BCUT2D eigenvalue weighted by atomic mass is 16.5. The second-order valence-electron chi connectivity index (χ2n) is 6.09. The molecule has 3 N–H and O–H groups in total. The standard InChI is InChI=1S/C17H23N5O2/c1-22-7-8-24-12-13(11-22)10-18-17(23)20-15-4-2-3-14(9-15)16-5-6-19-21-16/h2-6,9,13H,7-8,10-12H2,1H3,(H,19,21)(H2,18,20,23)/t13-/m0/s1. The summed E-state index contributed by atoms with van der Waals surface area (Å²) in [5.74, 6) is 0.305. The number of aromatic amines is 1. The summed E-state index contributed by atoms with van der Waals surface area (Å²) >= 11 is 0. The van der Waals surface area contributed by atoms with Crippen molar-refractivity contribution >= 4 is 11.7 Å². The molecule has 0 bridgehead atoms. The first kappa shape index (κ1) is 16.5. The fraction of sp³-hybridized carbons (Fsp3) is 0.412. The predicted molar refractivity (Wildman–Crippen MR) is 92.9 cm³/mol. The molecule has 2 heterocycles. The van der Waals surface area contributed by atoms with Crippen molar-refractivity contribution in [2.45, 2.75) is 0 Å². The number of benzene rings is 1. The second-order valence-corrected chi connectivity index (χ2v) is 6.09. The van der Waals surface area contributed by atoms with E-state index >= 15 is 0 Å². The monoisotopic (exact) mass is 329 g/mol. The third kappa shape index (κ3) is 4.56. The van der Waals surface area contributed by atoms with E-state index in [0.717, 1.165) is 36.6 Å². The third-order valence-electron chi connectivity index (χ3n) is 4.02. The zero-order valence-corrected chi connectivity index (χ0v) is 13.8. The van der Waals surface area contributed by atoms with Crippen molar-refractivity contribution in [1.82, 2.24) is 20.4 Å². The minimum Gasteiger partial charge on any atom is -0.380 e.